The standard InChI is InChI=1S/C21H21NO2/c1-22-12-11-20-18(14-22)13-21(24-20)17-7-9-19(10-8-17)23-15-16-5-3-2-4-6-16/h2-10,13H,11-12,14-15H2,1H3. The van der Waals surface area contributed by atoms with Gasteiger partial charge in [0.1, 0.15) is 23.9 Å². The maximum Gasteiger partial charge on any atom is 0.134 e. The van der Waals surface area contributed by atoms with Gasteiger partial charge in [-0.25, -0.2) is 0 Å². The number of fused-ring (bicyclic) bond motifs is 1. The first-order valence-electron chi connectivity index (χ1n) is 8.35. The average molecular weight is 319 g/mol. The molecule has 0 aliphatic carbocycles. The lowest BCUT2D eigenvalue weighted by atomic mass is 10.1. The summed E-state index contributed by atoms with van der Waals surface area (Å²) in [7, 11) is 2.15. The number of nitrogens with zero attached hydrogens (tertiary/aromatic N) is 1. The maximum atomic E-state index is 6.04. The normalized spacial score (nSPS) is 14.4. The monoisotopic (exact) mass is 319 g/mol. The summed E-state index contributed by atoms with van der Waals surface area (Å²) < 4.78 is 11.9. The molecule has 4 rings (SSSR count). The molecule has 0 bridgehead atoms. The largest absolute Gasteiger partial charge is 0.489 e. The summed E-state index contributed by atoms with van der Waals surface area (Å²) in [6.07, 6.45) is 0.990. The molecule has 1 aromatic heterocycles. The molecule has 1 aliphatic rings. The zero-order chi connectivity index (χ0) is 16.4. The Morgan fingerprint density at radius 3 is 2.62 bits per heavy atom. The van der Waals surface area contributed by atoms with Gasteiger partial charge in [0.2, 0.25) is 0 Å². The second kappa shape index (κ2) is 6.54. The molecule has 3 aromatic rings. The van der Waals surface area contributed by atoms with E-state index in [-0.39, 0.29) is 0 Å². The van der Waals surface area contributed by atoms with Gasteiger partial charge in [-0.1, -0.05) is 30.3 Å². The van der Waals surface area contributed by atoms with Crippen molar-refractivity contribution in [3.05, 3.63) is 77.6 Å². The van der Waals surface area contributed by atoms with Gasteiger partial charge in [0.15, 0.2) is 0 Å². The highest BCUT2D eigenvalue weighted by molar-refractivity contribution is 5.60. The lowest BCUT2D eigenvalue weighted by molar-refractivity contribution is 0.294. The van der Waals surface area contributed by atoms with Crippen LogP contribution in [0.4, 0.5) is 0 Å². The first-order chi connectivity index (χ1) is 11.8. The summed E-state index contributed by atoms with van der Waals surface area (Å²) in [5.41, 5.74) is 3.58. The fourth-order valence-corrected chi connectivity index (χ4v) is 3.07. The van der Waals surface area contributed by atoms with Crippen LogP contribution in [0.3, 0.4) is 0 Å². The van der Waals surface area contributed by atoms with Gasteiger partial charge < -0.3 is 14.1 Å². The highest BCUT2D eigenvalue weighted by Gasteiger charge is 2.18. The molecular weight excluding hydrogens is 298 g/mol. The molecule has 0 saturated carbocycles. The van der Waals surface area contributed by atoms with Gasteiger partial charge in [-0.15, -0.1) is 0 Å². The van der Waals surface area contributed by atoms with Crippen LogP contribution in [0.15, 0.2) is 65.1 Å². The molecule has 0 atom stereocenters. The van der Waals surface area contributed by atoms with Crippen molar-refractivity contribution in [2.45, 2.75) is 19.6 Å². The molecule has 0 saturated heterocycles. The Hall–Kier alpha value is -2.52. The quantitative estimate of drug-likeness (QED) is 0.707. The predicted molar refractivity (Wildman–Crippen MR) is 95.0 cm³/mol. The van der Waals surface area contributed by atoms with Crippen molar-refractivity contribution >= 4 is 0 Å². The highest BCUT2D eigenvalue weighted by atomic mass is 16.5. The zero-order valence-corrected chi connectivity index (χ0v) is 13.9. The van der Waals surface area contributed by atoms with Crippen LogP contribution in [-0.2, 0) is 19.6 Å². The molecule has 2 heterocycles. The van der Waals surface area contributed by atoms with Crippen LogP contribution in [0.5, 0.6) is 5.75 Å². The average Bonchev–Trinajstić information content (AvgIpc) is 3.04. The Kier molecular flexibility index (Phi) is 4.09. The fourth-order valence-electron chi connectivity index (χ4n) is 3.07. The molecule has 0 radical (unpaired) electrons. The van der Waals surface area contributed by atoms with Crippen molar-refractivity contribution in [2.75, 3.05) is 13.6 Å². The number of furan rings is 1. The van der Waals surface area contributed by atoms with Crippen molar-refractivity contribution in [3.63, 3.8) is 0 Å². The second-order valence-electron chi connectivity index (χ2n) is 6.35. The molecule has 1 aliphatic heterocycles. The predicted octanol–water partition coefficient (Wildman–Crippen LogP) is 4.51. The molecule has 122 valence electrons. The third-order valence-electron chi connectivity index (χ3n) is 4.44. The van der Waals surface area contributed by atoms with Gasteiger partial charge in [-0.05, 0) is 42.9 Å². The summed E-state index contributed by atoms with van der Waals surface area (Å²) >= 11 is 0. The second-order valence-corrected chi connectivity index (χ2v) is 6.35. The Morgan fingerprint density at radius 2 is 1.83 bits per heavy atom. The molecule has 0 spiro atoms. The first-order valence-corrected chi connectivity index (χ1v) is 8.35. The van der Waals surface area contributed by atoms with E-state index in [4.69, 9.17) is 9.15 Å². The minimum atomic E-state index is 0.585. The number of benzene rings is 2. The van der Waals surface area contributed by atoms with Crippen molar-refractivity contribution in [1.29, 1.82) is 0 Å². The van der Waals surface area contributed by atoms with Crippen LogP contribution in [0.1, 0.15) is 16.9 Å². The topological polar surface area (TPSA) is 25.6 Å². The number of ether oxygens (including phenoxy) is 1. The van der Waals surface area contributed by atoms with Gasteiger partial charge in [-0.3, -0.25) is 0 Å². The van der Waals surface area contributed by atoms with E-state index >= 15 is 0 Å². The van der Waals surface area contributed by atoms with Gasteiger partial charge >= 0.3 is 0 Å². The van der Waals surface area contributed by atoms with Crippen LogP contribution in [0, 0.1) is 0 Å². The number of hydrogen-bond donors (Lipinski definition) is 0. The van der Waals surface area contributed by atoms with E-state index in [2.05, 4.69) is 42.3 Å². The van der Waals surface area contributed by atoms with E-state index in [1.807, 2.05) is 30.3 Å². The van der Waals surface area contributed by atoms with Gasteiger partial charge in [-0.2, -0.15) is 0 Å². The molecule has 0 N–H and O–H groups in total. The van der Waals surface area contributed by atoms with E-state index in [1.54, 1.807) is 0 Å². The maximum absolute atomic E-state index is 6.04. The molecule has 0 fully saturated rings. The summed E-state index contributed by atoms with van der Waals surface area (Å²) in [4.78, 5) is 2.32. The number of hydrogen-bond acceptors (Lipinski definition) is 3. The lowest BCUT2D eigenvalue weighted by Crippen LogP contribution is -2.25. The van der Waals surface area contributed by atoms with Crippen LogP contribution in [-0.4, -0.2) is 18.5 Å². The fraction of sp³-hybridized carbons (Fsp3) is 0.238. The minimum Gasteiger partial charge on any atom is -0.489 e. The van der Waals surface area contributed by atoms with Crippen molar-refractivity contribution in [1.82, 2.24) is 4.90 Å². The van der Waals surface area contributed by atoms with E-state index in [0.717, 1.165) is 42.3 Å². The smallest absolute Gasteiger partial charge is 0.134 e. The third-order valence-corrected chi connectivity index (χ3v) is 4.44. The third kappa shape index (κ3) is 3.22. The van der Waals surface area contributed by atoms with E-state index in [1.165, 1.54) is 11.1 Å². The van der Waals surface area contributed by atoms with E-state index in [9.17, 15) is 0 Å². The van der Waals surface area contributed by atoms with Crippen molar-refractivity contribution in [3.8, 4) is 17.1 Å². The molecule has 3 nitrogen and oxygen atoms in total. The Balaban J connectivity index is 1.46. The zero-order valence-electron chi connectivity index (χ0n) is 13.9. The molecule has 3 heteroatoms. The lowest BCUT2D eigenvalue weighted by Gasteiger charge is -2.20. The SMILES string of the molecule is CN1CCc2oc(-c3ccc(OCc4ccccc4)cc3)cc2C1. The molecule has 2 aromatic carbocycles. The van der Waals surface area contributed by atoms with E-state index < -0.39 is 0 Å². The summed E-state index contributed by atoms with van der Waals surface area (Å²) in [6, 6.07) is 20.5. The number of likely N-dealkylation sites (N-methyl/N-ethyl adjacent to an activating group) is 1. The summed E-state index contributed by atoms with van der Waals surface area (Å²) in [6.45, 7) is 2.62. The summed E-state index contributed by atoms with van der Waals surface area (Å²) in [5, 5.41) is 0. The molecule has 0 unspecified atom stereocenters. The minimum absolute atomic E-state index is 0.585. The van der Waals surface area contributed by atoms with Crippen LogP contribution in [0.25, 0.3) is 11.3 Å². The van der Waals surface area contributed by atoms with Crippen LogP contribution in [0.2, 0.25) is 0 Å². The number of rotatable bonds is 4. The molecule has 0 amide bonds. The first kappa shape index (κ1) is 15.0. The van der Waals surface area contributed by atoms with Gasteiger partial charge in [0.25, 0.3) is 0 Å². The van der Waals surface area contributed by atoms with Crippen LogP contribution < -0.4 is 4.74 Å². The van der Waals surface area contributed by atoms with Crippen LogP contribution >= 0.6 is 0 Å². The van der Waals surface area contributed by atoms with E-state index in [0.29, 0.717) is 6.61 Å². The highest BCUT2D eigenvalue weighted by Crippen LogP contribution is 2.30. The summed E-state index contributed by atoms with van der Waals surface area (Å²) in [5.74, 6) is 2.95. The van der Waals surface area contributed by atoms with Crippen molar-refractivity contribution in [2.24, 2.45) is 0 Å². The van der Waals surface area contributed by atoms with Gasteiger partial charge in [0.05, 0.1) is 0 Å². The Bertz CT molecular complexity index is 806. The molecular formula is C21H21NO2. The Morgan fingerprint density at radius 1 is 1.04 bits per heavy atom. The Labute approximate surface area is 142 Å². The van der Waals surface area contributed by atoms with Gasteiger partial charge in [0, 0.05) is 30.6 Å². The molecule has 24 heavy (non-hydrogen) atoms. The van der Waals surface area contributed by atoms with Crippen molar-refractivity contribution < 1.29 is 9.15 Å².